The summed E-state index contributed by atoms with van der Waals surface area (Å²) in [5, 5.41) is -0.0509. The van der Waals surface area contributed by atoms with Gasteiger partial charge in [0.1, 0.15) is 16.2 Å². The monoisotopic (exact) mass is 377 g/mol. The Kier molecular flexibility index (Phi) is 7.11. The average Bonchev–Trinajstić information content (AvgIpc) is 2.37. The van der Waals surface area contributed by atoms with E-state index >= 15 is 0 Å². The highest BCUT2D eigenvalue weighted by Crippen LogP contribution is 2.28. The Morgan fingerprint density at radius 3 is 2.42 bits per heavy atom. The summed E-state index contributed by atoms with van der Waals surface area (Å²) < 4.78 is 34.3. The van der Waals surface area contributed by atoms with Crippen molar-refractivity contribution < 1.29 is 18.5 Å². The Balaban J connectivity index is 3.08. The van der Waals surface area contributed by atoms with Gasteiger partial charge in [0.2, 0.25) is 0 Å². The minimum absolute atomic E-state index is 0.0509. The molecule has 4 nitrogen and oxygen atoms in total. The lowest BCUT2D eigenvalue weighted by Crippen LogP contribution is -2.42. The predicted molar refractivity (Wildman–Crippen MR) is 95.6 cm³/mol. The average molecular weight is 378 g/mol. The fourth-order valence-electron chi connectivity index (χ4n) is 1.86. The number of ether oxygens (including phenoxy) is 1. The summed E-state index contributed by atoms with van der Waals surface area (Å²) in [6.07, 6.45) is -0.156. The van der Waals surface area contributed by atoms with Gasteiger partial charge in [0.15, 0.2) is 0 Å². The Labute approximate surface area is 151 Å². The zero-order chi connectivity index (χ0) is 18.7. The number of nitrogens with one attached hydrogen (secondary N) is 1. The van der Waals surface area contributed by atoms with E-state index in [1.165, 1.54) is 12.1 Å². The highest BCUT2D eigenvalue weighted by atomic mass is 35.5. The second-order valence-corrected chi connectivity index (χ2v) is 9.89. The molecule has 1 rings (SSSR count). The van der Waals surface area contributed by atoms with Crippen molar-refractivity contribution in [1.29, 1.82) is 0 Å². The molecule has 2 atom stereocenters. The van der Waals surface area contributed by atoms with Crippen molar-refractivity contribution in [3.05, 3.63) is 34.6 Å². The van der Waals surface area contributed by atoms with E-state index in [1.54, 1.807) is 47.6 Å². The lowest BCUT2D eigenvalue weighted by atomic mass is 10.0. The minimum atomic E-state index is -1.49. The lowest BCUT2D eigenvalue weighted by Gasteiger charge is -2.29. The lowest BCUT2D eigenvalue weighted by molar-refractivity contribution is -0.155. The zero-order valence-corrected chi connectivity index (χ0v) is 16.5. The largest absolute Gasteiger partial charge is 0.598 e. The molecule has 0 fully saturated rings. The maximum Gasteiger partial charge on any atom is 0.308 e. The zero-order valence-electron chi connectivity index (χ0n) is 14.9. The molecule has 1 aromatic carbocycles. The SMILES string of the molecule is CC(C)(C)OC(=O)CC(N[S@@+]([O-])C(C)(C)C)c1cccc(Cl)c1F. The first-order valence-electron chi connectivity index (χ1n) is 7.65. The van der Waals surface area contributed by atoms with Gasteiger partial charge in [-0.3, -0.25) is 4.79 Å². The molecule has 136 valence electrons. The van der Waals surface area contributed by atoms with Crippen LogP contribution in [0, 0.1) is 5.82 Å². The molecule has 0 saturated heterocycles. The third kappa shape index (κ3) is 6.59. The van der Waals surface area contributed by atoms with Crippen molar-refractivity contribution in [1.82, 2.24) is 4.72 Å². The van der Waals surface area contributed by atoms with Crippen LogP contribution in [0.2, 0.25) is 5.02 Å². The standard InChI is InChI=1S/C17H25ClFNO3S/c1-16(2,3)23-14(21)10-13(20-24(22)17(4,5)6)11-8-7-9-12(18)15(11)19/h7-9,13,20H,10H2,1-6H3/t13?,24-/m0/s1. The molecule has 1 N–H and O–H groups in total. The van der Waals surface area contributed by atoms with E-state index in [0.717, 1.165) is 0 Å². The highest BCUT2D eigenvalue weighted by molar-refractivity contribution is 7.90. The van der Waals surface area contributed by atoms with Crippen molar-refractivity contribution in [3.63, 3.8) is 0 Å². The second kappa shape index (κ2) is 8.04. The first-order valence-corrected chi connectivity index (χ1v) is 9.18. The van der Waals surface area contributed by atoms with Gasteiger partial charge >= 0.3 is 5.97 Å². The summed E-state index contributed by atoms with van der Waals surface area (Å²) in [4.78, 5) is 12.2. The van der Waals surface area contributed by atoms with Gasteiger partial charge in [-0.25, -0.2) is 4.39 Å². The number of benzene rings is 1. The summed E-state index contributed by atoms with van der Waals surface area (Å²) >= 11 is 4.34. The van der Waals surface area contributed by atoms with E-state index in [-0.39, 0.29) is 17.0 Å². The van der Waals surface area contributed by atoms with Gasteiger partial charge in [-0.05, 0) is 47.6 Å². The molecular weight excluding hydrogens is 353 g/mol. The molecule has 0 aliphatic heterocycles. The van der Waals surface area contributed by atoms with Crippen LogP contribution in [0.5, 0.6) is 0 Å². The Morgan fingerprint density at radius 2 is 1.92 bits per heavy atom. The van der Waals surface area contributed by atoms with Crippen LogP contribution in [0.1, 0.15) is 59.6 Å². The van der Waals surface area contributed by atoms with Gasteiger partial charge in [-0.15, -0.1) is 4.72 Å². The Morgan fingerprint density at radius 1 is 1.33 bits per heavy atom. The number of halogens is 2. The van der Waals surface area contributed by atoms with E-state index in [4.69, 9.17) is 16.3 Å². The topological polar surface area (TPSA) is 61.4 Å². The number of carbonyl (C=O) groups excluding carboxylic acids is 1. The van der Waals surface area contributed by atoms with E-state index in [0.29, 0.717) is 0 Å². The quantitative estimate of drug-likeness (QED) is 0.613. The van der Waals surface area contributed by atoms with Gasteiger partial charge in [0, 0.05) is 16.9 Å². The van der Waals surface area contributed by atoms with E-state index in [9.17, 15) is 13.7 Å². The minimum Gasteiger partial charge on any atom is -0.598 e. The van der Waals surface area contributed by atoms with Crippen LogP contribution in [0.4, 0.5) is 4.39 Å². The Hall–Kier alpha value is -0.820. The summed E-state index contributed by atoms with van der Waals surface area (Å²) in [5.74, 6) is -1.14. The molecule has 0 aliphatic rings. The van der Waals surface area contributed by atoms with E-state index < -0.39 is 39.5 Å². The normalized spacial score (nSPS) is 15.0. The van der Waals surface area contributed by atoms with Gasteiger partial charge in [0.05, 0.1) is 17.5 Å². The summed E-state index contributed by atoms with van der Waals surface area (Å²) in [6.45, 7) is 10.6. The van der Waals surface area contributed by atoms with Gasteiger partial charge < -0.3 is 9.29 Å². The van der Waals surface area contributed by atoms with Crippen LogP contribution in [-0.4, -0.2) is 20.9 Å². The molecule has 7 heteroatoms. The first-order chi connectivity index (χ1) is 10.8. The van der Waals surface area contributed by atoms with Crippen LogP contribution >= 0.6 is 11.6 Å². The smallest absolute Gasteiger partial charge is 0.308 e. The molecule has 0 saturated carbocycles. The molecule has 0 amide bonds. The predicted octanol–water partition coefficient (Wildman–Crippen LogP) is 4.30. The van der Waals surface area contributed by atoms with Crippen molar-refractivity contribution in [2.75, 3.05) is 0 Å². The van der Waals surface area contributed by atoms with E-state index in [1.807, 2.05) is 0 Å². The van der Waals surface area contributed by atoms with Crippen LogP contribution in [0.25, 0.3) is 0 Å². The van der Waals surface area contributed by atoms with Crippen molar-refractivity contribution in [2.45, 2.75) is 64.4 Å². The van der Waals surface area contributed by atoms with Crippen LogP contribution in [-0.2, 0) is 20.9 Å². The maximum atomic E-state index is 14.4. The second-order valence-electron chi connectivity index (χ2n) is 7.49. The third-order valence-corrected chi connectivity index (χ3v) is 4.86. The van der Waals surface area contributed by atoms with Crippen molar-refractivity contribution >= 4 is 28.9 Å². The number of rotatable bonds is 5. The third-order valence-electron chi connectivity index (χ3n) is 2.95. The number of esters is 1. The van der Waals surface area contributed by atoms with Crippen LogP contribution < -0.4 is 4.72 Å². The maximum absolute atomic E-state index is 14.4. The van der Waals surface area contributed by atoms with Crippen molar-refractivity contribution in [2.24, 2.45) is 0 Å². The van der Waals surface area contributed by atoms with Crippen LogP contribution in [0.3, 0.4) is 0 Å². The summed E-state index contributed by atoms with van der Waals surface area (Å²) in [5.41, 5.74) is -0.469. The summed E-state index contributed by atoms with van der Waals surface area (Å²) in [7, 11) is 0. The number of carbonyl (C=O) groups is 1. The molecule has 1 unspecified atom stereocenters. The van der Waals surface area contributed by atoms with Crippen LogP contribution in [0.15, 0.2) is 18.2 Å². The molecule has 24 heavy (non-hydrogen) atoms. The fraction of sp³-hybridized carbons (Fsp3) is 0.588. The van der Waals surface area contributed by atoms with Gasteiger partial charge in [-0.1, -0.05) is 23.7 Å². The van der Waals surface area contributed by atoms with Gasteiger partial charge in [0.25, 0.3) is 0 Å². The first kappa shape index (κ1) is 21.2. The summed E-state index contributed by atoms with van der Waals surface area (Å²) in [6, 6.07) is 3.72. The highest BCUT2D eigenvalue weighted by Gasteiger charge is 2.33. The van der Waals surface area contributed by atoms with Gasteiger partial charge in [-0.2, -0.15) is 0 Å². The molecule has 0 bridgehead atoms. The number of hydrogen-bond acceptors (Lipinski definition) is 4. The molecule has 0 radical (unpaired) electrons. The molecule has 0 aliphatic carbocycles. The van der Waals surface area contributed by atoms with E-state index in [2.05, 4.69) is 4.72 Å². The molecular formula is C17H25ClFNO3S. The Bertz CT molecular complexity index is 584. The number of hydrogen-bond donors (Lipinski definition) is 1. The van der Waals surface area contributed by atoms with Crippen molar-refractivity contribution in [3.8, 4) is 0 Å². The molecule has 0 spiro atoms. The molecule has 0 aromatic heterocycles. The fourth-order valence-corrected chi connectivity index (χ4v) is 2.86. The molecule has 1 aromatic rings. The molecule has 0 heterocycles.